The molecule has 3 aromatic rings. The van der Waals surface area contributed by atoms with Gasteiger partial charge in [0.1, 0.15) is 0 Å². The van der Waals surface area contributed by atoms with Gasteiger partial charge in [0, 0.05) is 5.69 Å². The Balaban J connectivity index is 1.74. The van der Waals surface area contributed by atoms with Gasteiger partial charge in [-0.25, -0.2) is 0 Å². The summed E-state index contributed by atoms with van der Waals surface area (Å²) in [5.41, 5.74) is 4.98. The number of nitrogens with zero attached hydrogens (tertiary/aromatic N) is 4. The fourth-order valence-corrected chi connectivity index (χ4v) is 3.36. The zero-order chi connectivity index (χ0) is 18.7. The Morgan fingerprint density at radius 2 is 1.73 bits per heavy atom. The molecular weight excluding hydrogens is 346 g/mol. The Kier molecular flexibility index (Phi) is 5.37. The molecule has 0 saturated heterocycles. The predicted octanol–water partition coefficient (Wildman–Crippen LogP) is 3.71. The van der Waals surface area contributed by atoms with Crippen molar-refractivity contribution in [1.29, 1.82) is 0 Å². The lowest BCUT2D eigenvalue weighted by Gasteiger charge is -2.15. The Morgan fingerprint density at radius 3 is 2.38 bits per heavy atom. The molecule has 0 aliphatic rings. The van der Waals surface area contributed by atoms with E-state index >= 15 is 0 Å². The summed E-state index contributed by atoms with van der Waals surface area (Å²) in [6, 6.07) is 13.9. The monoisotopic (exact) mass is 367 g/mol. The molecule has 0 spiro atoms. The van der Waals surface area contributed by atoms with Crippen LogP contribution >= 0.6 is 11.8 Å². The van der Waals surface area contributed by atoms with Gasteiger partial charge < -0.3 is 5.32 Å². The maximum absolute atomic E-state index is 12.6. The van der Waals surface area contributed by atoms with Crippen LogP contribution in [0, 0.1) is 20.8 Å². The van der Waals surface area contributed by atoms with Crippen LogP contribution in [0.1, 0.15) is 23.6 Å². The molecule has 6 nitrogen and oxygen atoms in total. The number of para-hydroxylation sites is 1. The molecule has 1 aromatic heterocycles. The average molecular weight is 367 g/mol. The van der Waals surface area contributed by atoms with Gasteiger partial charge in [0.25, 0.3) is 0 Å². The third kappa shape index (κ3) is 3.94. The number of thioether (sulfide) groups is 1. The number of hydrogen-bond acceptors (Lipinski definition) is 5. The summed E-state index contributed by atoms with van der Waals surface area (Å²) in [5, 5.41) is 15.1. The van der Waals surface area contributed by atoms with Gasteiger partial charge in [-0.1, -0.05) is 47.7 Å². The van der Waals surface area contributed by atoms with Crippen LogP contribution in [-0.4, -0.2) is 31.4 Å². The summed E-state index contributed by atoms with van der Waals surface area (Å²) >= 11 is 1.33. The minimum Gasteiger partial charge on any atom is -0.325 e. The number of carbonyl (C=O) groups excluding carboxylic acids is 1. The molecule has 0 aliphatic heterocycles. The first-order chi connectivity index (χ1) is 12.5. The topological polar surface area (TPSA) is 72.7 Å². The largest absolute Gasteiger partial charge is 0.325 e. The van der Waals surface area contributed by atoms with Gasteiger partial charge in [0.05, 0.1) is 10.9 Å². The van der Waals surface area contributed by atoms with Crippen LogP contribution in [0.15, 0.2) is 47.6 Å². The van der Waals surface area contributed by atoms with Crippen LogP contribution in [0.3, 0.4) is 0 Å². The van der Waals surface area contributed by atoms with E-state index in [9.17, 15) is 4.79 Å². The average Bonchev–Trinajstić information content (AvgIpc) is 3.07. The first-order valence-corrected chi connectivity index (χ1v) is 9.23. The molecular formula is C19H21N5OS. The third-order valence-corrected chi connectivity index (χ3v) is 5.13. The maximum Gasteiger partial charge on any atom is 0.237 e. The number of rotatable bonds is 5. The normalized spacial score (nSPS) is 12.0. The smallest absolute Gasteiger partial charge is 0.237 e. The van der Waals surface area contributed by atoms with Crippen molar-refractivity contribution in [3.8, 4) is 5.69 Å². The molecule has 0 saturated carbocycles. The van der Waals surface area contributed by atoms with Gasteiger partial charge in [0.2, 0.25) is 11.1 Å². The molecule has 1 amide bonds. The van der Waals surface area contributed by atoms with Gasteiger partial charge in [-0.2, -0.15) is 4.68 Å². The molecule has 0 aliphatic carbocycles. The summed E-state index contributed by atoms with van der Waals surface area (Å²) in [6.45, 7) is 7.84. The lowest BCUT2D eigenvalue weighted by molar-refractivity contribution is -0.115. The highest BCUT2D eigenvalue weighted by Crippen LogP contribution is 2.25. The van der Waals surface area contributed by atoms with E-state index in [2.05, 4.69) is 20.8 Å². The van der Waals surface area contributed by atoms with Crippen LogP contribution in [0.2, 0.25) is 0 Å². The minimum absolute atomic E-state index is 0.0779. The van der Waals surface area contributed by atoms with Crippen molar-refractivity contribution in [1.82, 2.24) is 20.2 Å². The Bertz CT molecular complexity index is 900. The highest BCUT2D eigenvalue weighted by atomic mass is 32.2. The third-order valence-electron chi connectivity index (χ3n) is 4.10. The van der Waals surface area contributed by atoms with Crippen molar-refractivity contribution in [3.05, 3.63) is 59.2 Å². The standard InChI is InChI=1S/C19H21N5OS/c1-12-8-10-16(11-9-12)24-19(21-22-23-24)26-15(4)18(25)20-17-13(2)6-5-7-14(17)3/h5-11,15H,1-4H3,(H,20,25). The number of hydrogen-bond donors (Lipinski definition) is 1. The zero-order valence-corrected chi connectivity index (χ0v) is 16.0. The lowest BCUT2D eigenvalue weighted by atomic mass is 10.1. The van der Waals surface area contributed by atoms with Gasteiger partial charge in [-0.15, -0.1) is 5.10 Å². The number of tetrazole rings is 1. The van der Waals surface area contributed by atoms with Crippen molar-refractivity contribution in [2.24, 2.45) is 0 Å². The number of amides is 1. The summed E-state index contributed by atoms with van der Waals surface area (Å²) in [6.07, 6.45) is 0. The summed E-state index contributed by atoms with van der Waals surface area (Å²) in [7, 11) is 0. The lowest BCUT2D eigenvalue weighted by Crippen LogP contribution is -2.23. The Labute approximate surface area is 157 Å². The Morgan fingerprint density at radius 1 is 1.08 bits per heavy atom. The minimum atomic E-state index is -0.343. The quantitative estimate of drug-likeness (QED) is 0.696. The van der Waals surface area contributed by atoms with Gasteiger partial charge >= 0.3 is 0 Å². The predicted molar refractivity (Wildman–Crippen MR) is 104 cm³/mol. The van der Waals surface area contributed by atoms with Crippen molar-refractivity contribution in [3.63, 3.8) is 0 Å². The molecule has 1 heterocycles. The first kappa shape index (κ1) is 18.1. The summed E-state index contributed by atoms with van der Waals surface area (Å²) in [5.74, 6) is -0.0779. The number of aryl methyl sites for hydroxylation is 3. The van der Waals surface area contributed by atoms with Crippen LogP contribution in [0.5, 0.6) is 0 Å². The maximum atomic E-state index is 12.6. The molecule has 2 aromatic carbocycles. The van der Waals surface area contributed by atoms with E-state index in [1.165, 1.54) is 11.8 Å². The van der Waals surface area contributed by atoms with E-state index in [-0.39, 0.29) is 11.2 Å². The van der Waals surface area contributed by atoms with Gasteiger partial charge in [-0.3, -0.25) is 4.79 Å². The van der Waals surface area contributed by atoms with Crippen molar-refractivity contribution < 1.29 is 4.79 Å². The number of benzene rings is 2. The molecule has 0 fully saturated rings. The molecule has 0 radical (unpaired) electrons. The molecule has 26 heavy (non-hydrogen) atoms. The van der Waals surface area contributed by atoms with Crippen molar-refractivity contribution in [2.75, 3.05) is 5.32 Å². The zero-order valence-electron chi connectivity index (χ0n) is 15.2. The SMILES string of the molecule is Cc1ccc(-n2nnnc2SC(C)C(=O)Nc2c(C)cccc2C)cc1. The number of aromatic nitrogens is 4. The molecule has 0 bridgehead atoms. The van der Waals surface area contributed by atoms with E-state index in [4.69, 9.17) is 0 Å². The highest BCUT2D eigenvalue weighted by Gasteiger charge is 2.20. The number of nitrogens with one attached hydrogen (secondary N) is 1. The molecule has 1 N–H and O–H groups in total. The van der Waals surface area contributed by atoms with Crippen LogP contribution in [0.4, 0.5) is 5.69 Å². The fourth-order valence-electron chi connectivity index (χ4n) is 2.55. The molecule has 7 heteroatoms. The first-order valence-electron chi connectivity index (χ1n) is 8.35. The second-order valence-corrected chi connectivity index (χ2v) is 7.53. The van der Waals surface area contributed by atoms with Gasteiger partial charge in [-0.05, 0) is 61.4 Å². The summed E-state index contributed by atoms with van der Waals surface area (Å²) < 4.78 is 1.65. The molecule has 134 valence electrons. The van der Waals surface area contributed by atoms with E-state index in [0.29, 0.717) is 5.16 Å². The van der Waals surface area contributed by atoms with Crippen molar-refractivity contribution >= 4 is 23.4 Å². The molecule has 1 atom stereocenters. The van der Waals surface area contributed by atoms with E-state index in [0.717, 1.165) is 28.1 Å². The van der Waals surface area contributed by atoms with Crippen molar-refractivity contribution in [2.45, 2.75) is 38.1 Å². The molecule has 3 rings (SSSR count). The second-order valence-electron chi connectivity index (χ2n) is 6.22. The highest BCUT2D eigenvalue weighted by molar-refractivity contribution is 8.00. The number of anilines is 1. The van der Waals surface area contributed by atoms with Crippen LogP contribution in [0.25, 0.3) is 5.69 Å². The van der Waals surface area contributed by atoms with E-state index in [1.807, 2.05) is 70.2 Å². The second kappa shape index (κ2) is 7.70. The van der Waals surface area contributed by atoms with Crippen LogP contribution < -0.4 is 5.32 Å². The number of carbonyl (C=O) groups is 1. The fraction of sp³-hybridized carbons (Fsp3) is 0.263. The summed E-state index contributed by atoms with van der Waals surface area (Å²) in [4.78, 5) is 12.6. The van der Waals surface area contributed by atoms with E-state index < -0.39 is 0 Å². The van der Waals surface area contributed by atoms with E-state index in [1.54, 1.807) is 4.68 Å². The molecule has 1 unspecified atom stereocenters. The van der Waals surface area contributed by atoms with Crippen LogP contribution in [-0.2, 0) is 4.79 Å². The Hall–Kier alpha value is -2.67. The van der Waals surface area contributed by atoms with Gasteiger partial charge in [0.15, 0.2) is 0 Å².